The number of ether oxygens (including phenoxy) is 1. The van der Waals surface area contributed by atoms with E-state index < -0.39 is 0 Å². The topological polar surface area (TPSA) is 21.3 Å². The molecule has 1 rings (SSSR count). The first-order chi connectivity index (χ1) is 8.09. The van der Waals surface area contributed by atoms with E-state index in [9.17, 15) is 0 Å². The molecule has 0 saturated heterocycles. The van der Waals surface area contributed by atoms with E-state index in [1.54, 1.807) is 0 Å². The first-order valence-electron chi connectivity index (χ1n) is 6.50. The molecule has 0 fully saturated rings. The van der Waals surface area contributed by atoms with Crippen molar-refractivity contribution in [2.75, 3.05) is 19.7 Å². The van der Waals surface area contributed by atoms with E-state index in [4.69, 9.17) is 4.74 Å². The lowest BCUT2D eigenvalue weighted by atomic mass is 10.1. The van der Waals surface area contributed by atoms with Crippen molar-refractivity contribution < 1.29 is 4.74 Å². The Bertz CT molecular complexity index is 334. The largest absolute Gasteiger partial charge is 0.494 e. The second kappa shape index (κ2) is 7.33. The Balaban J connectivity index is 2.16. The SMILES string of the molecule is Cc1ccc(OCCCNCC(C)C)cc1C. The van der Waals surface area contributed by atoms with Crippen LogP contribution in [-0.2, 0) is 0 Å². The standard InChI is InChI=1S/C15H25NO/c1-12(2)11-16-8-5-9-17-15-7-6-13(3)14(4)10-15/h6-7,10,12,16H,5,8-9,11H2,1-4H3. The predicted molar refractivity (Wildman–Crippen MR) is 73.7 cm³/mol. The summed E-state index contributed by atoms with van der Waals surface area (Å²) in [6, 6.07) is 6.27. The van der Waals surface area contributed by atoms with E-state index in [0.29, 0.717) is 0 Å². The minimum Gasteiger partial charge on any atom is -0.494 e. The molecule has 0 aliphatic carbocycles. The third-order valence-electron chi connectivity index (χ3n) is 2.80. The van der Waals surface area contributed by atoms with Crippen molar-refractivity contribution in [2.24, 2.45) is 5.92 Å². The Labute approximate surface area is 105 Å². The summed E-state index contributed by atoms with van der Waals surface area (Å²) >= 11 is 0. The molecule has 2 nitrogen and oxygen atoms in total. The van der Waals surface area contributed by atoms with Crippen LogP contribution in [0.2, 0.25) is 0 Å². The Morgan fingerprint density at radius 1 is 1.18 bits per heavy atom. The van der Waals surface area contributed by atoms with Crippen LogP contribution in [-0.4, -0.2) is 19.7 Å². The van der Waals surface area contributed by atoms with Crippen LogP contribution in [0.15, 0.2) is 18.2 Å². The molecule has 0 aromatic heterocycles. The van der Waals surface area contributed by atoms with E-state index >= 15 is 0 Å². The van der Waals surface area contributed by atoms with Gasteiger partial charge in [0.1, 0.15) is 5.75 Å². The molecule has 1 N–H and O–H groups in total. The molecule has 0 unspecified atom stereocenters. The van der Waals surface area contributed by atoms with Gasteiger partial charge in [0.25, 0.3) is 0 Å². The first-order valence-corrected chi connectivity index (χ1v) is 6.50. The van der Waals surface area contributed by atoms with Gasteiger partial charge >= 0.3 is 0 Å². The molecule has 0 bridgehead atoms. The van der Waals surface area contributed by atoms with Gasteiger partial charge in [-0.1, -0.05) is 19.9 Å². The molecule has 2 heteroatoms. The van der Waals surface area contributed by atoms with Crippen LogP contribution >= 0.6 is 0 Å². The van der Waals surface area contributed by atoms with Crippen LogP contribution in [0.5, 0.6) is 5.75 Å². The quantitative estimate of drug-likeness (QED) is 0.732. The summed E-state index contributed by atoms with van der Waals surface area (Å²) in [4.78, 5) is 0. The Morgan fingerprint density at radius 3 is 2.59 bits per heavy atom. The van der Waals surface area contributed by atoms with Gasteiger partial charge in [-0.2, -0.15) is 0 Å². The third kappa shape index (κ3) is 5.73. The maximum absolute atomic E-state index is 5.71. The Morgan fingerprint density at radius 2 is 1.94 bits per heavy atom. The van der Waals surface area contributed by atoms with Crippen LogP contribution in [0.4, 0.5) is 0 Å². The highest BCUT2D eigenvalue weighted by Crippen LogP contribution is 2.16. The smallest absolute Gasteiger partial charge is 0.119 e. The molecule has 1 aromatic carbocycles. The second-order valence-corrected chi connectivity index (χ2v) is 5.05. The molecule has 0 radical (unpaired) electrons. The van der Waals surface area contributed by atoms with Crippen LogP contribution in [0.25, 0.3) is 0 Å². The molecule has 0 aliphatic heterocycles. The fraction of sp³-hybridized carbons (Fsp3) is 0.600. The Hall–Kier alpha value is -1.02. The first kappa shape index (κ1) is 14.0. The van der Waals surface area contributed by atoms with Gasteiger partial charge < -0.3 is 10.1 Å². The third-order valence-corrected chi connectivity index (χ3v) is 2.80. The van der Waals surface area contributed by atoms with E-state index in [-0.39, 0.29) is 0 Å². The lowest BCUT2D eigenvalue weighted by Crippen LogP contribution is -2.22. The van der Waals surface area contributed by atoms with E-state index in [1.165, 1.54) is 11.1 Å². The zero-order chi connectivity index (χ0) is 12.7. The zero-order valence-corrected chi connectivity index (χ0v) is 11.5. The maximum Gasteiger partial charge on any atom is 0.119 e. The van der Waals surface area contributed by atoms with Crippen LogP contribution < -0.4 is 10.1 Å². The number of aryl methyl sites for hydroxylation is 2. The van der Waals surface area contributed by atoms with Crippen molar-refractivity contribution in [1.82, 2.24) is 5.32 Å². The highest BCUT2D eigenvalue weighted by molar-refractivity contribution is 5.33. The van der Waals surface area contributed by atoms with E-state index in [0.717, 1.165) is 37.8 Å². The molecule has 0 saturated carbocycles. The van der Waals surface area contributed by atoms with Crippen LogP contribution in [0.3, 0.4) is 0 Å². The van der Waals surface area contributed by atoms with Gasteiger partial charge in [0, 0.05) is 0 Å². The number of hydrogen-bond donors (Lipinski definition) is 1. The normalized spacial score (nSPS) is 10.9. The highest BCUT2D eigenvalue weighted by atomic mass is 16.5. The summed E-state index contributed by atoms with van der Waals surface area (Å²) in [5.41, 5.74) is 2.61. The van der Waals surface area contributed by atoms with Gasteiger partial charge in [0.2, 0.25) is 0 Å². The van der Waals surface area contributed by atoms with Gasteiger partial charge in [-0.3, -0.25) is 0 Å². The average molecular weight is 235 g/mol. The molecular formula is C15H25NO. The lowest BCUT2D eigenvalue weighted by Gasteiger charge is -2.09. The monoisotopic (exact) mass is 235 g/mol. The minimum absolute atomic E-state index is 0.718. The summed E-state index contributed by atoms with van der Waals surface area (Å²) in [5, 5.41) is 3.41. The fourth-order valence-electron chi connectivity index (χ4n) is 1.58. The molecule has 0 heterocycles. The van der Waals surface area contributed by atoms with Gasteiger partial charge in [0.05, 0.1) is 6.61 Å². The number of hydrogen-bond acceptors (Lipinski definition) is 2. The number of nitrogens with one attached hydrogen (secondary N) is 1. The molecule has 0 atom stereocenters. The summed E-state index contributed by atoms with van der Waals surface area (Å²) in [6.07, 6.45) is 1.06. The average Bonchev–Trinajstić information content (AvgIpc) is 2.27. The van der Waals surface area contributed by atoms with Gasteiger partial charge in [-0.15, -0.1) is 0 Å². The number of benzene rings is 1. The van der Waals surface area contributed by atoms with Crippen molar-refractivity contribution in [2.45, 2.75) is 34.1 Å². The van der Waals surface area contributed by atoms with Crippen molar-refractivity contribution in [1.29, 1.82) is 0 Å². The van der Waals surface area contributed by atoms with Gasteiger partial charge in [-0.25, -0.2) is 0 Å². The summed E-state index contributed by atoms with van der Waals surface area (Å²) in [6.45, 7) is 11.6. The molecule has 0 amide bonds. The van der Waals surface area contributed by atoms with Crippen molar-refractivity contribution >= 4 is 0 Å². The van der Waals surface area contributed by atoms with Gasteiger partial charge in [0.15, 0.2) is 0 Å². The number of rotatable bonds is 7. The molecule has 0 aliphatic rings. The summed E-state index contributed by atoms with van der Waals surface area (Å²) in [7, 11) is 0. The molecule has 96 valence electrons. The minimum atomic E-state index is 0.718. The lowest BCUT2D eigenvalue weighted by molar-refractivity contribution is 0.307. The molecular weight excluding hydrogens is 210 g/mol. The van der Waals surface area contributed by atoms with Crippen molar-refractivity contribution in [3.8, 4) is 5.75 Å². The van der Waals surface area contributed by atoms with Gasteiger partial charge in [-0.05, 0) is 62.5 Å². The summed E-state index contributed by atoms with van der Waals surface area (Å²) in [5.74, 6) is 1.70. The van der Waals surface area contributed by atoms with E-state index in [1.807, 2.05) is 6.07 Å². The predicted octanol–water partition coefficient (Wildman–Crippen LogP) is 3.32. The zero-order valence-electron chi connectivity index (χ0n) is 11.5. The molecule has 17 heavy (non-hydrogen) atoms. The summed E-state index contributed by atoms with van der Waals surface area (Å²) < 4.78 is 5.71. The van der Waals surface area contributed by atoms with E-state index in [2.05, 4.69) is 45.1 Å². The van der Waals surface area contributed by atoms with Crippen molar-refractivity contribution in [3.63, 3.8) is 0 Å². The second-order valence-electron chi connectivity index (χ2n) is 5.05. The highest BCUT2D eigenvalue weighted by Gasteiger charge is 1.97. The Kier molecular flexibility index (Phi) is 6.06. The van der Waals surface area contributed by atoms with Crippen molar-refractivity contribution in [3.05, 3.63) is 29.3 Å². The fourth-order valence-corrected chi connectivity index (χ4v) is 1.58. The molecule has 0 spiro atoms. The molecule has 1 aromatic rings. The van der Waals surface area contributed by atoms with Crippen LogP contribution in [0, 0.1) is 19.8 Å². The maximum atomic E-state index is 5.71. The van der Waals surface area contributed by atoms with Crippen LogP contribution in [0.1, 0.15) is 31.4 Å².